The van der Waals surface area contributed by atoms with Gasteiger partial charge in [-0.25, -0.2) is 8.42 Å². The summed E-state index contributed by atoms with van der Waals surface area (Å²) in [5, 5.41) is 2.54. The van der Waals surface area contributed by atoms with Crippen molar-refractivity contribution < 1.29 is 18.0 Å². The number of rotatable bonds is 6. The molecule has 2 amide bonds. The number of carbonyl (C=O) groups excluding carboxylic acids is 2. The molecule has 1 aromatic carbocycles. The van der Waals surface area contributed by atoms with Crippen molar-refractivity contribution in [1.82, 2.24) is 19.4 Å². The van der Waals surface area contributed by atoms with E-state index in [2.05, 4.69) is 5.32 Å². The number of nitrogens with zero attached hydrogens (tertiary/aromatic N) is 3. The highest BCUT2D eigenvalue weighted by Crippen LogP contribution is 2.15. The van der Waals surface area contributed by atoms with Crippen LogP contribution in [0.2, 0.25) is 0 Å². The van der Waals surface area contributed by atoms with Gasteiger partial charge >= 0.3 is 0 Å². The number of amides is 2. The third-order valence-corrected chi connectivity index (χ3v) is 7.43. The van der Waals surface area contributed by atoms with Crippen LogP contribution in [0.4, 0.5) is 0 Å². The topological polar surface area (TPSA) is 90.0 Å². The van der Waals surface area contributed by atoms with Gasteiger partial charge in [-0.05, 0) is 37.0 Å². The number of carbonyl (C=O) groups is 2. The Morgan fingerprint density at radius 2 is 1.55 bits per heavy atom. The Hall–Kier alpha value is -1.97. The molecule has 0 radical (unpaired) electrons. The van der Waals surface area contributed by atoms with E-state index in [1.54, 1.807) is 31.3 Å². The molecule has 160 valence electrons. The maximum absolute atomic E-state index is 12.8. The Balaban J connectivity index is 1.50. The minimum atomic E-state index is -3.44. The van der Waals surface area contributed by atoms with E-state index < -0.39 is 10.0 Å². The van der Waals surface area contributed by atoms with Crippen molar-refractivity contribution >= 4 is 21.8 Å². The van der Waals surface area contributed by atoms with Gasteiger partial charge in [-0.1, -0.05) is 12.1 Å². The van der Waals surface area contributed by atoms with Crippen LogP contribution >= 0.6 is 0 Å². The van der Waals surface area contributed by atoms with Crippen molar-refractivity contribution in [3.8, 4) is 0 Å². The summed E-state index contributed by atoms with van der Waals surface area (Å²) in [7, 11) is -1.88. The van der Waals surface area contributed by atoms with Gasteiger partial charge in [-0.2, -0.15) is 4.31 Å². The third-order valence-electron chi connectivity index (χ3n) is 5.58. The number of sulfonamides is 1. The van der Waals surface area contributed by atoms with Crippen LogP contribution in [-0.4, -0.2) is 87.2 Å². The lowest BCUT2D eigenvalue weighted by molar-refractivity contribution is -0.133. The number of hydrogen-bond donors (Lipinski definition) is 1. The van der Waals surface area contributed by atoms with E-state index in [1.807, 2.05) is 9.80 Å². The fourth-order valence-corrected chi connectivity index (χ4v) is 5.31. The predicted octanol–water partition coefficient (Wildman–Crippen LogP) is 0.506. The molecule has 0 atom stereocenters. The average molecular weight is 423 g/mol. The van der Waals surface area contributed by atoms with Crippen molar-refractivity contribution in [2.24, 2.45) is 0 Å². The molecule has 0 unspecified atom stereocenters. The normalized spacial score (nSPS) is 19.1. The lowest BCUT2D eigenvalue weighted by atomic mass is 10.1. The number of nitrogens with one attached hydrogen (secondary N) is 1. The first-order valence-corrected chi connectivity index (χ1v) is 11.8. The van der Waals surface area contributed by atoms with Crippen molar-refractivity contribution in [2.75, 3.05) is 52.9 Å². The Labute approximate surface area is 172 Å². The molecule has 1 N–H and O–H groups in total. The van der Waals surface area contributed by atoms with Crippen LogP contribution < -0.4 is 5.32 Å². The second-order valence-electron chi connectivity index (χ2n) is 7.65. The van der Waals surface area contributed by atoms with Gasteiger partial charge in [0, 0.05) is 51.9 Å². The molecule has 2 aliphatic rings. The highest BCUT2D eigenvalue weighted by Gasteiger charge is 2.28. The second kappa shape index (κ2) is 9.69. The molecule has 2 fully saturated rings. The molecule has 8 nitrogen and oxygen atoms in total. The predicted molar refractivity (Wildman–Crippen MR) is 111 cm³/mol. The van der Waals surface area contributed by atoms with E-state index in [-0.39, 0.29) is 17.6 Å². The molecular formula is C20H30N4O4S. The maximum Gasteiger partial charge on any atom is 0.251 e. The maximum atomic E-state index is 12.8. The van der Waals surface area contributed by atoms with E-state index >= 15 is 0 Å². The van der Waals surface area contributed by atoms with Crippen molar-refractivity contribution in [3.05, 3.63) is 35.4 Å². The van der Waals surface area contributed by atoms with Gasteiger partial charge in [0.15, 0.2) is 0 Å². The molecule has 0 aliphatic carbocycles. The molecule has 0 saturated carbocycles. The zero-order valence-corrected chi connectivity index (χ0v) is 17.8. The van der Waals surface area contributed by atoms with Crippen LogP contribution in [0.25, 0.3) is 0 Å². The highest BCUT2D eigenvalue weighted by molar-refractivity contribution is 7.88. The van der Waals surface area contributed by atoms with Crippen molar-refractivity contribution in [1.29, 1.82) is 0 Å². The number of benzene rings is 1. The molecule has 0 bridgehead atoms. The first-order chi connectivity index (χ1) is 13.9. The molecule has 0 spiro atoms. The molecule has 2 heterocycles. The molecule has 9 heteroatoms. The summed E-state index contributed by atoms with van der Waals surface area (Å²) in [5.74, 6) is -0.139. The lowest BCUT2D eigenvalue weighted by Gasteiger charge is -2.35. The third kappa shape index (κ3) is 5.77. The Morgan fingerprint density at radius 1 is 0.931 bits per heavy atom. The second-order valence-corrected chi connectivity index (χ2v) is 9.62. The zero-order valence-electron chi connectivity index (χ0n) is 17.0. The van der Waals surface area contributed by atoms with Gasteiger partial charge in [0.1, 0.15) is 0 Å². The highest BCUT2D eigenvalue weighted by atomic mass is 32.2. The van der Waals surface area contributed by atoms with Gasteiger partial charge in [0.05, 0.1) is 12.3 Å². The fraction of sp³-hybridized carbons (Fsp3) is 0.600. The van der Waals surface area contributed by atoms with E-state index in [1.165, 1.54) is 10.7 Å². The average Bonchev–Trinajstić information content (AvgIpc) is 2.74. The molecule has 2 aliphatic heterocycles. The summed E-state index contributed by atoms with van der Waals surface area (Å²) < 4.78 is 27.0. The van der Waals surface area contributed by atoms with E-state index in [9.17, 15) is 18.0 Å². The van der Waals surface area contributed by atoms with Crippen LogP contribution in [-0.2, 0) is 20.6 Å². The van der Waals surface area contributed by atoms with Crippen molar-refractivity contribution in [3.63, 3.8) is 0 Å². The van der Waals surface area contributed by atoms with Gasteiger partial charge in [0.25, 0.3) is 5.91 Å². The lowest BCUT2D eigenvalue weighted by Crippen LogP contribution is -2.52. The van der Waals surface area contributed by atoms with E-state index in [0.29, 0.717) is 43.9 Å². The minimum absolute atomic E-state index is 0.0896. The fourth-order valence-electron chi connectivity index (χ4n) is 3.80. The summed E-state index contributed by atoms with van der Waals surface area (Å²) in [6.45, 7) is 3.97. The Bertz CT molecular complexity index is 811. The number of hydrogen-bond acceptors (Lipinski definition) is 5. The Kier molecular flexibility index (Phi) is 7.26. The van der Waals surface area contributed by atoms with E-state index in [0.717, 1.165) is 25.9 Å². The summed E-state index contributed by atoms with van der Waals surface area (Å²) in [5.41, 5.74) is 1.15. The van der Waals surface area contributed by atoms with Gasteiger partial charge in [-0.15, -0.1) is 0 Å². The van der Waals surface area contributed by atoms with E-state index in [4.69, 9.17) is 0 Å². The quantitative estimate of drug-likeness (QED) is 0.721. The van der Waals surface area contributed by atoms with Gasteiger partial charge in [-0.3, -0.25) is 14.5 Å². The summed E-state index contributed by atoms with van der Waals surface area (Å²) >= 11 is 0. The minimum Gasteiger partial charge on any atom is -0.355 e. The zero-order chi connectivity index (χ0) is 20.9. The van der Waals surface area contributed by atoms with Gasteiger partial charge in [0.2, 0.25) is 15.9 Å². The van der Waals surface area contributed by atoms with Crippen LogP contribution in [0.1, 0.15) is 35.2 Å². The summed E-state index contributed by atoms with van der Waals surface area (Å²) in [6, 6.07) is 6.62. The molecular weight excluding hydrogens is 392 g/mol. The van der Waals surface area contributed by atoms with Crippen LogP contribution in [0.15, 0.2) is 24.3 Å². The molecule has 2 saturated heterocycles. The molecule has 1 aromatic rings. The smallest absolute Gasteiger partial charge is 0.251 e. The summed E-state index contributed by atoms with van der Waals surface area (Å²) in [4.78, 5) is 28.0. The van der Waals surface area contributed by atoms with Crippen LogP contribution in [0.3, 0.4) is 0 Å². The Morgan fingerprint density at radius 3 is 2.14 bits per heavy atom. The standard InChI is InChI=1S/C20H30N4O4S/c1-21-20(26)18-7-5-17(6-8-18)16-29(27,28)24-13-11-22(12-14-24)15-19(25)23-9-3-2-4-10-23/h5-8H,2-4,9-16H2,1H3,(H,21,26). The molecule has 29 heavy (non-hydrogen) atoms. The van der Waals surface area contributed by atoms with Gasteiger partial charge < -0.3 is 10.2 Å². The summed E-state index contributed by atoms with van der Waals surface area (Å²) in [6.07, 6.45) is 3.33. The number of piperazine rings is 1. The number of likely N-dealkylation sites (tertiary alicyclic amines) is 1. The SMILES string of the molecule is CNC(=O)c1ccc(CS(=O)(=O)N2CCN(CC(=O)N3CCCCC3)CC2)cc1. The van der Waals surface area contributed by atoms with Crippen LogP contribution in [0, 0.1) is 0 Å². The monoisotopic (exact) mass is 422 g/mol. The van der Waals surface area contributed by atoms with Crippen molar-refractivity contribution in [2.45, 2.75) is 25.0 Å². The first-order valence-electron chi connectivity index (χ1n) is 10.2. The number of piperidine rings is 1. The first kappa shape index (κ1) is 21.7. The molecule has 0 aromatic heterocycles. The molecule has 3 rings (SSSR count). The largest absolute Gasteiger partial charge is 0.355 e. The van der Waals surface area contributed by atoms with Crippen LogP contribution in [0.5, 0.6) is 0 Å².